The number of hydrogen-bond donors (Lipinski definition) is 2. The molecule has 0 radical (unpaired) electrons. The second kappa shape index (κ2) is 4.09. The molecule has 1 aliphatic heterocycles. The van der Waals surface area contributed by atoms with Gasteiger partial charge in [-0.1, -0.05) is 26.7 Å². The summed E-state index contributed by atoms with van der Waals surface area (Å²) >= 11 is 0. The van der Waals surface area contributed by atoms with Crippen molar-refractivity contribution in [2.24, 2.45) is 5.41 Å². The maximum atomic E-state index is 4.70. The van der Waals surface area contributed by atoms with Gasteiger partial charge in [-0.05, 0) is 18.3 Å². The predicted octanol–water partition coefficient (Wildman–Crippen LogP) is 2.18. The molecule has 4 heteroatoms. The number of aromatic nitrogens is 3. The molecule has 1 saturated heterocycles. The highest BCUT2D eigenvalue weighted by molar-refractivity contribution is 5.13. The molecule has 1 spiro atoms. The molecule has 17 heavy (non-hydrogen) atoms. The quantitative estimate of drug-likeness (QED) is 0.824. The minimum absolute atomic E-state index is 0.411. The summed E-state index contributed by atoms with van der Waals surface area (Å²) in [4.78, 5) is 4.70. The fourth-order valence-corrected chi connectivity index (χ4v) is 3.50. The fourth-order valence-electron chi connectivity index (χ4n) is 3.50. The Labute approximate surface area is 103 Å². The van der Waals surface area contributed by atoms with Gasteiger partial charge >= 0.3 is 0 Å². The van der Waals surface area contributed by atoms with Crippen LogP contribution in [0.25, 0.3) is 0 Å². The minimum atomic E-state index is 0.411. The van der Waals surface area contributed by atoms with Crippen molar-refractivity contribution >= 4 is 0 Å². The van der Waals surface area contributed by atoms with Crippen molar-refractivity contribution in [1.29, 1.82) is 0 Å². The maximum Gasteiger partial charge on any atom is 0.153 e. The Morgan fingerprint density at radius 3 is 2.71 bits per heavy atom. The molecular weight excluding hydrogens is 212 g/mol. The lowest BCUT2D eigenvalue weighted by Gasteiger charge is -2.28. The standard InChI is InChI=1S/C13H22N4/c1-9(2)11-15-12(17-16-11)10-7-14-8-13(10)5-3-4-6-13/h9-10,14H,3-8H2,1-2H3,(H,15,16,17). The van der Waals surface area contributed by atoms with Gasteiger partial charge in [0.1, 0.15) is 5.82 Å². The SMILES string of the molecule is CC(C)c1n[nH]c(C2CNCC23CCCC3)n1. The van der Waals surface area contributed by atoms with Crippen molar-refractivity contribution in [3.8, 4) is 0 Å². The van der Waals surface area contributed by atoms with Crippen LogP contribution in [0.3, 0.4) is 0 Å². The first kappa shape index (κ1) is 11.2. The second-order valence-corrected chi connectivity index (χ2v) is 5.99. The molecule has 1 atom stereocenters. The summed E-state index contributed by atoms with van der Waals surface area (Å²) in [6, 6.07) is 0. The zero-order chi connectivity index (χ0) is 11.9. The van der Waals surface area contributed by atoms with E-state index in [9.17, 15) is 0 Å². The van der Waals surface area contributed by atoms with Crippen LogP contribution in [0.1, 0.15) is 63.0 Å². The van der Waals surface area contributed by atoms with E-state index in [2.05, 4.69) is 29.4 Å². The maximum absolute atomic E-state index is 4.70. The van der Waals surface area contributed by atoms with Gasteiger partial charge in [-0.15, -0.1) is 0 Å². The van der Waals surface area contributed by atoms with Crippen molar-refractivity contribution in [1.82, 2.24) is 20.5 Å². The van der Waals surface area contributed by atoms with E-state index in [4.69, 9.17) is 4.98 Å². The van der Waals surface area contributed by atoms with Crippen molar-refractivity contribution in [2.75, 3.05) is 13.1 Å². The largest absolute Gasteiger partial charge is 0.315 e. The summed E-state index contributed by atoms with van der Waals surface area (Å²) < 4.78 is 0. The highest BCUT2D eigenvalue weighted by Crippen LogP contribution is 2.50. The number of aromatic amines is 1. The summed E-state index contributed by atoms with van der Waals surface area (Å²) in [5, 5.41) is 11.1. The number of nitrogens with zero attached hydrogens (tertiary/aromatic N) is 2. The van der Waals surface area contributed by atoms with Crippen LogP contribution in [0.15, 0.2) is 0 Å². The Bertz CT molecular complexity index is 384. The monoisotopic (exact) mass is 234 g/mol. The molecule has 94 valence electrons. The third kappa shape index (κ3) is 1.79. The number of H-pyrrole nitrogens is 1. The highest BCUT2D eigenvalue weighted by Gasteiger charge is 2.46. The van der Waals surface area contributed by atoms with Gasteiger partial charge in [0, 0.05) is 24.9 Å². The molecule has 0 bridgehead atoms. The van der Waals surface area contributed by atoms with Gasteiger partial charge in [0.25, 0.3) is 0 Å². The van der Waals surface area contributed by atoms with Gasteiger partial charge in [-0.2, -0.15) is 5.10 Å². The average Bonchev–Trinajstić information content (AvgIpc) is 3.01. The lowest BCUT2D eigenvalue weighted by molar-refractivity contribution is 0.287. The minimum Gasteiger partial charge on any atom is -0.315 e. The summed E-state index contributed by atoms with van der Waals surface area (Å²) in [6.07, 6.45) is 5.46. The first-order valence-electron chi connectivity index (χ1n) is 6.84. The van der Waals surface area contributed by atoms with Gasteiger partial charge in [0.15, 0.2) is 5.82 Å². The molecule has 2 heterocycles. The summed E-state index contributed by atoms with van der Waals surface area (Å²) in [5.74, 6) is 3.03. The van der Waals surface area contributed by atoms with Gasteiger partial charge in [-0.25, -0.2) is 4.98 Å². The smallest absolute Gasteiger partial charge is 0.153 e. The van der Waals surface area contributed by atoms with E-state index in [1.165, 1.54) is 25.7 Å². The van der Waals surface area contributed by atoms with Crippen molar-refractivity contribution < 1.29 is 0 Å². The van der Waals surface area contributed by atoms with Crippen LogP contribution in [0.4, 0.5) is 0 Å². The first-order valence-corrected chi connectivity index (χ1v) is 6.84. The van der Waals surface area contributed by atoms with E-state index in [1.54, 1.807) is 0 Å². The molecule has 0 amide bonds. The van der Waals surface area contributed by atoms with Crippen LogP contribution in [-0.4, -0.2) is 28.3 Å². The molecule has 3 rings (SSSR count). The molecule has 1 aromatic heterocycles. The molecule has 1 aromatic rings. The van der Waals surface area contributed by atoms with E-state index < -0.39 is 0 Å². The van der Waals surface area contributed by atoms with E-state index in [0.717, 1.165) is 24.7 Å². The van der Waals surface area contributed by atoms with Crippen molar-refractivity contribution in [3.05, 3.63) is 11.6 Å². The van der Waals surface area contributed by atoms with Crippen molar-refractivity contribution in [2.45, 2.75) is 51.4 Å². The average molecular weight is 234 g/mol. The molecule has 1 saturated carbocycles. The summed E-state index contributed by atoms with van der Waals surface area (Å²) in [5.41, 5.74) is 0.466. The van der Waals surface area contributed by atoms with E-state index in [-0.39, 0.29) is 0 Å². The van der Waals surface area contributed by atoms with Crippen LogP contribution in [0, 0.1) is 5.41 Å². The highest BCUT2D eigenvalue weighted by atomic mass is 15.2. The van der Waals surface area contributed by atoms with Crippen LogP contribution in [-0.2, 0) is 0 Å². The Morgan fingerprint density at radius 2 is 2.06 bits per heavy atom. The molecule has 4 nitrogen and oxygen atoms in total. The third-order valence-electron chi connectivity index (χ3n) is 4.53. The second-order valence-electron chi connectivity index (χ2n) is 5.99. The third-order valence-corrected chi connectivity index (χ3v) is 4.53. The lowest BCUT2D eigenvalue weighted by atomic mass is 9.76. The van der Waals surface area contributed by atoms with E-state index >= 15 is 0 Å². The molecular formula is C13H22N4. The molecule has 1 aliphatic carbocycles. The van der Waals surface area contributed by atoms with Gasteiger partial charge in [-0.3, -0.25) is 5.10 Å². The van der Waals surface area contributed by atoms with Gasteiger partial charge in [0.05, 0.1) is 0 Å². The lowest BCUT2D eigenvalue weighted by Crippen LogP contribution is -2.25. The predicted molar refractivity (Wildman–Crippen MR) is 67.0 cm³/mol. The number of hydrogen-bond acceptors (Lipinski definition) is 3. The zero-order valence-corrected chi connectivity index (χ0v) is 10.8. The van der Waals surface area contributed by atoms with Crippen LogP contribution in [0.5, 0.6) is 0 Å². The fraction of sp³-hybridized carbons (Fsp3) is 0.846. The van der Waals surface area contributed by atoms with Gasteiger partial charge in [0.2, 0.25) is 0 Å². The number of rotatable bonds is 2. The van der Waals surface area contributed by atoms with Crippen LogP contribution >= 0.6 is 0 Å². The topological polar surface area (TPSA) is 53.6 Å². The Morgan fingerprint density at radius 1 is 1.29 bits per heavy atom. The molecule has 2 N–H and O–H groups in total. The molecule has 2 aliphatic rings. The summed E-state index contributed by atoms with van der Waals surface area (Å²) in [6.45, 7) is 6.51. The first-order chi connectivity index (χ1) is 8.21. The molecule has 1 unspecified atom stereocenters. The van der Waals surface area contributed by atoms with Gasteiger partial charge < -0.3 is 5.32 Å². The Balaban J connectivity index is 1.87. The van der Waals surface area contributed by atoms with Crippen LogP contribution < -0.4 is 5.32 Å². The Hall–Kier alpha value is -0.900. The molecule has 0 aromatic carbocycles. The zero-order valence-electron chi connectivity index (χ0n) is 10.8. The van der Waals surface area contributed by atoms with E-state index in [0.29, 0.717) is 17.3 Å². The number of nitrogens with one attached hydrogen (secondary N) is 2. The Kier molecular flexibility index (Phi) is 2.69. The van der Waals surface area contributed by atoms with E-state index in [1.807, 2.05) is 0 Å². The molecule has 2 fully saturated rings. The van der Waals surface area contributed by atoms with Crippen LogP contribution in [0.2, 0.25) is 0 Å². The summed E-state index contributed by atoms with van der Waals surface area (Å²) in [7, 11) is 0. The van der Waals surface area contributed by atoms with Crippen molar-refractivity contribution in [3.63, 3.8) is 0 Å². The normalized spacial score (nSPS) is 27.4.